The van der Waals surface area contributed by atoms with Gasteiger partial charge in [0.05, 0.1) is 29.8 Å². The monoisotopic (exact) mass is 215 g/mol. The normalized spacial score (nSPS) is 42.2. The number of amides is 1. The number of carbonyl (C=O) groups excluding carboxylic acids is 1. The molecule has 1 heterocycles. The molecule has 1 aliphatic carbocycles. The van der Waals surface area contributed by atoms with E-state index in [1.165, 1.54) is 0 Å². The molecule has 6 nitrogen and oxygen atoms in total. The lowest BCUT2D eigenvalue weighted by Crippen LogP contribution is -2.55. The molecule has 0 bridgehead atoms. The van der Waals surface area contributed by atoms with Crippen LogP contribution in [0.5, 0.6) is 0 Å². The fourth-order valence-corrected chi connectivity index (χ4v) is 2.77. The Balaban J connectivity index is 2.63. The van der Waals surface area contributed by atoms with E-state index < -0.39 is 28.3 Å². The van der Waals surface area contributed by atoms with Crippen LogP contribution in [0.4, 0.5) is 0 Å². The number of hydrogen-bond acceptors (Lipinski definition) is 5. The second kappa shape index (κ2) is 2.52. The van der Waals surface area contributed by atoms with E-state index in [9.17, 15) is 4.79 Å². The van der Waals surface area contributed by atoms with Crippen molar-refractivity contribution in [3.63, 3.8) is 0 Å². The first-order valence-electron chi connectivity index (χ1n) is 4.84. The zero-order chi connectivity index (χ0) is 12.2. The van der Waals surface area contributed by atoms with Gasteiger partial charge < -0.3 is 11.1 Å². The van der Waals surface area contributed by atoms with Gasteiger partial charge in [-0.1, -0.05) is 6.92 Å². The number of fused-ring (bicyclic) bond motifs is 1. The minimum Gasteiger partial charge on any atom is -0.336 e. The van der Waals surface area contributed by atoms with Gasteiger partial charge in [0.25, 0.3) is 0 Å². The molecule has 0 aromatic rings. The Bertz CT molecular complexity index is 493. The number of carbonyl (C=O) groups is 1. The highest BCUT2D eigenvalue weighted by atomic mass is 16.2. The van der Waals surface area contributed by atoms with Crippen molar-refractivity contribution in [3.05, 3.63) is 0 Å². The van der Waals surface area contributed by atoms with Crippen LogP contribution in [0.2, 0.25) is 0 Å². The van der Waals surface area contributed by atoms with Crippen molar-refractivity contribution in [1.82, 2.24) is 5.32 Å². The van der Waals surface area contributed by atoms with Gasteiger partial charge in [-0.05, 0) is 6.42 Å². The maximum atomic E-state index is 11.8. The van der Waals surface area contributed by atoms with Crippen LogP contribution in [0.1, 0.15) is 13.3 Å². The summed E-state index contributed by atoms with van der Waals surface area (Å²) < 4.78 is 0. The predicted octanol–water partition coefficient (Wildman–Crippen LogP) is -0.645. The van der Waals surface area contributed by atoms with Gasteiger partial charge in [-0.15, -0.1) is 0 Å². The SMILES string of the molecule is CC[C@@]1(N)NC(=O)[C@]2(C#N)[C@@H]1C2(C#N)C#N. The van der Waals surface area contributed by atoms with Gasteiger partial charge in [-0.2, -0.15) is 15.8 Å². The third kappa shape index (κ3) is 0.671. The lowest BCUT2D eigenvalue weighted by atomic mass is 9.93. The zero-order valence-corrected chi connectivity index (χ0v) is 8.61. The summed E-state index contributed by atoms with van der Waals surface area (Å²) in [6.45, 7) is 1.74. The molecule has 16 heavy (non-hydrogen) atoms. The standard InChI is InChI=1S/C10H9N5O/c1-2-10(14)6-8(3-11,4-12)9(6,5-13)7(16)15-10/h6H,2,14H2,1H3,(H,15,16)/t6-,9-,10+/m0/s1. The fourth-order valence-electron chi connectivity index (χ4n) is 2.77. The Morgan fingerprint density at radius 2 is 1.94 bits per heavy atom. The highest BCUT2D eigenvalue weighted by Crippen LogP contribution is 2.74. The first-order chi connectivity index (χ1) is 7.49. The molecule has 2 rings (SSSR count). The summed E-state index contributed by atoms with van der Waals surface area (Å²) in [5.74, 6) is -1.35. The summed E-state index contributed by atoms with van der Waals surface area (Å²) in [5, 5.41) is 29.7. The third-order valence-electron chi connectivity index (χ3n) is 3.74. The Morgan fingerprint density at radius 1 is 1.38 bits per heavy atom. The van der Waals surface area contributed by atoms with E-state index in [0.717, 1.165) is 0 Å². The minimum atomic E-state index is -1.59. The quantitative estimate of drug-likeness (QED) is 0.601. The van der Waals surface area contributed by atoms with Crippen LogP contribution in [0.3, 0.4) is 0 Å². The molecule has 1 saturated carbocycles. The number of nitriles is 3. The van der Waals surface area contributed by atoms with E-state index in [-0.39, 0.29) is 0 Å². The topological polar surface area (TPSA) is 126 Å². The highest BCUT2D eigenvalue weighted by molar-refractivity contribution is 5.97. The molecule has 1 saturated heterocycles. The molecule has 0 spiro atoms. The highest BCUT2D eigenvalue weighted by Gasteiger charge is 2.92. The van der Waals surface area contributed by atoms with E-state index in [1.807, 2.05) is 6.07 Å². The molecule has 6 heteroatoms. The summed E-state index contributed by atoms with van der Waals surface area (Å²) in [5.41, 5.74) is 1.64. The predicted molar refractivity (Wildman–Crippen MR) is 50.5 cm³/mol. The fraction of sp³-hybridized carbons (Fsp3) is 0.600. The van der Waals surface area contributed by atoms with Crippen LogP contribution >= 0.6 is 0 Å². The summed E-state index contributed by atoms with van der Waals surface area (Å²) in [6.07, 6.45) is 0.373. The van der Waals surface area contributed by atoms with Gasteiger partial charge in [0.2, 0.25) is 5.91 Å². The molecule has 3 atom stereocenters. The Kier molecular flexibility index (Phi) is 1.64. The van der Waals surface area contributed by atoms with Crippen molar-refractivity contribution in [3.8, 4) is 18.2 Å². The van der Waals surface area contributed by atoms with Crippen molar-refractivity contribution in [2.75, 3.05) is 0 Å². The van der Waals surface area contributed by atoms with Gasteiger partial charge in [0.15, 0.2) is 10.8 Å². The van der Waals surface area contributed by atoms with E-state index in [4.69, 9.17) is 21.5 Å². The number of hydrogen-bond donors (Lipinski definition) is 2. The molecular formula is C10H9N5O. The van der Waals surface area contributed by atoms with Crippen molar-refractivity contribution in [1.29, 1.82) is 15.8 Å². The van der Waals surface area contributed by atoms with Crippen LogP contribution < -0.4 is 11.1 Å². The first kappa shape index (κ1) is 10.4. The summed E-state index contributed by atoms with van der Waals surface area (Å²) in [4.78, 5) is 11.8. The van der Waals surface area contributed by atoms with Crippen molar-refractivity contribution in [2.24, 2.45) is 22.5 Å². The molecule has 3 N–H and O–H groups in total. The number of nitrogens with zero attached hydrogens (tertiary/aromatic N) is 3. The van der Waals surface area contributed by atoms with Crippen LogP contribution in [-0.2, 0) is 4.79 Å². The third-order valence-corrected chi connectivity index (χ3v) is 3.74. The molecule has 0 aromatic heterocycles. The summed E-state index contributed by atoms with van der Waals surface area (Å²) in [6, 6.07) is 5.39. The van der Waals surface area contributed by atoms with Crippen LogP contribution in [0.15, 0.2) is 0 Å². The molecule has 0 aromatic carbocycles. The number of nitrogens with two attached hydrogens (primary N) is 1. The molecule has 0 unspecified atom stereocenters. The average molecular weight is 215 g/mol. The maximum absolute atomic E-state index is 11.8. The number of rotatable bonds is 1. The summed E-state index contributed by atoms with van der Waals surface area (Å²) >= 11 is 0. The summed E-state index contributed by atoms with van der Waals surface area (Å²) in [7, 11) is 0. The van der Waals surface area contributed by atoms with Gasteiger partial charge in [0.1, 0.15) is 0 Å². The first-order valence-corrected chi connectivity index (χ1v) is 4.84. The molecule has 1 aliphatic heterocycles. The van der Waals surface area contributed by atoms with E-state index >= 15 is 0 Å². The zero-order valence-electron chi connectivity index (χ0n) is 8.61. The molecule has 0 radical (unpaired) electrons. The van der Waals surface area contributed by atoms with Crippen LogP contribution in [-0.4, -0.2) is 11.6 Å². The van der Waals surface area contributed by atoms with Crippen molar-refractivity contribution < 1.29 is 4.79 Å². The molecule has 80 valence electrons. The second-order valence-corrected chi connectivity index (χ2v) is 4.23. The van der Waals surface area contributed by atoms with E-state index in [2.05, 4.69) is 5.32 Å². The maximum Gasteiger partial charge on any atom is 0.245 e. The lowest BCUT2D eigenvalue weighted by molar-refractivity contribution is -0.124. The second-order valence-electron chi connectivity index (χ2n) is 4.23. The molecular weight excluding hydrogens is 206 g/mol. The van der Waals surface area contributed by atoms with Crippen molar-refractivity contribution >= 4 is 5.91 Å². The minimum absolute atomic E-state index is 0.373. The Hall–Kier alpha value is -2.10. The molecule has 2 fully saturated rings. The smallest absolute Gasteiger partial charge is 0.245 e. The van der Waals surface area contributed by atoms with Crippen molar-refractivity contribution in [2.45, 2.75) is 19.0 Å². The van der Waals surface area contributed by atoms with E-state index in [0.29, 0.717) is 6.42 Å². The Morgan fingerprint density at radius 3 is 2.25 bits per heavy atom. The average Bonchev–Trinajstić information content (AvgIpc) is 2.85. The van der Waals surface area contributed by atoms with Gasteiger partial charge in [0, 0.05) is 0 Å². The van der Waals surface area contributed by atoms with Gasteiger partial charge in [-0.3, -0.25) is 4.79 Å². The van der Waals surface area contributed by atoms with Gasteiger partial charge >= 0.3 is 0 Å². The van der Waals surface area contributed by atoms with E-state index in [1.54, 1.807) is 19.1 Å². The lowest BCUT2D eigenvalue weighted by Gasteiger charge is -2.26. The van der Waals surface area contributed by atoms with Gasteiger partial charge in [-0.25, -0.2) is 0 Å². The van der Waals surface area contributed by atoms with Crippen LogP contribution in [0, 0.1) is 50.7 Å². The van der Waals surface area contributed by atoms with Crippen LogP contribution in [0.25, 0.3) is 0 Å². The molecule has 1 amide bonds. The largest absolute Gasteiger partial charge is 0.336 e. The number of nitrogens with one attached hydrogen (secondary N) is 1. The molecule has 2 aliphatic rings. The number of piperidine rings is 1. The Labute approximate surface area is 92.2 Å².